The molecule has 0 radical (unpaired) electrons. The number of rotatable bonds is 76. The molecule has 0 aromatic carbocycles. The lowest BCUT2D eigenvalue weighted by Gasteiger charge is -2.21. The van der Waals surface area contributed by atoms with Gasteiger partial charge in [0.2, 0.25) is 0 Å². The van der Waals surface area contributed by atoms with Crippen LogP contribution in [0.1, 0.15) is 342 Å². The number of esters is 3. The zero-order chi connectivity index (χ0) is 73.7. The lowest BCUT2D eigenvalue weighted by Crippen LogP contribution is -2.30. The predicted molar refractivity (Wildman–Crippen MR) is 417 cm³/mol. The summed E-state index contributed by atoms with van der Waals surface area (Å²) in [7, 11) is -9.78. The predicted octanol–water partition coefficient (Wildman–Crippen LogP) is 23.5. The molecule has 0 rings (SSSR count). The van der Waals surface area contributed by atoms with E-state index in [4.69, 9.17) is 32.3 Å². The second-order valence-corrected chi connectivity index (χ2v) is 29.8. The average molecular weight is 1460 g/mol. The Kier molecular flexibility index (Phi) is 73.0. The number of aliphatic hydroxyl groups excluding tert-OH is 2. The Morgan fingerprint density at radius 2 is 0.525 bits per heavy atom. The zero-order valence-electron chi connectivity index (χ0n) is 63.8. The second kappa shape index (κ2) is 75.9. The fraction of sp³-hybridized carbons (Fsp3) is 0.747. The van der Waals surface area contributed by atoms with Gasteiger partial charge in [0, 0.05) is 19.3 Å². The number of carbonyl (C=O) groups excluding carboxylic acids is 3. The fourth-order valence-corrected chi connectivity index (χ4v) is 12.5. The van der Waals surface area contributed by atoms with Gasteiger partial charge in [-0.2, -0.15) is 0 Å². The van der Waals surface area contributed by atoms with E-state index < -0.39 is 91.5 Å². The van der Waals surface area contributed by atoms with Crippen LogP contribution in [0.3, 0.4) is 0 Å². The molecule has 0 heterocycles. The highest BCUT2D eigenvalue weighted by atomic mass is 31.2. The van der Waals surface area contributed by atoms with Gasteiger partial charge in [0.05, 0.1) is 26.4 Å². The number of ether oxygens (including phenoxy) is 3. The maximum absolute atomic E-state index is 12.9. The molecule has 101 heavy (non-hydrogen) atoms. The molecule has 5 unspecified atom stereocenters. The van der Waals surface area contributed by atoms with Crippen LogP contribution in [0.2, 0.25) is 0 Å². The summed E-state index contributed by atoms with van der Waals surface area (Å²) < 4.78 is 61.1. The normalized spacial score (nSPS) is 14.6. The molecule has 0 aliphatic carbocycles. The molecule has 0 amide bonds. The highest BCUT2D eigenvalue weighted by Crippen LogP contribution is 2.45. The van der Waals surface area contributed by atoms with Crippen LogP contribution in [-0.4, -0.2) is 95.9 Å². The first-order valence-electron chi connectivity index (χ1n) is 40.2. The van der Waals surface area contributed by atoms with E-state index in [-0.39, 0.29) is 19.3 Å². The highest BCUT2D eigenvalue weighted by Gasteiger charge is 2.29. The van der Waals surface area contributed by atoms with E-state index >= 15 is 0 Å². The van der Waals surface area contributed by atoms with Crippen LogP contribution in [0.5, 0.6) is 0 Å². The number of phosphoric ester groups is 2. The smallest absolute Gasteiger partial charge is 0.463 e. The summed E-state index contributed by atoms with van der Waals surface area (Å²) in [4.78, 5) is 58.5. The first kappa shape index (κ1) is 97.2. The first-order valence-corrected chi connectivity index (χ1v) is 43.2. The maximum atomic E-state index is 12.9. The number of unbranched alkanes of at least 4 members (excludes halogenated alkanes) is 35. The van der Waals surface area contributed by atoms with Crippen molar-refractivity contribution in [2.24, 2.45) is 0 Å². The molecule has 0 spiro atoms. The SMILES string of the molecule is CC/C=C\C/C=C\C/C=C\C/C=C\C/C=C\CCCCCCCCCCCCCCCCCCCC(=O)OCC(O)COP(=O)(O)OCC(O)COP(=O)(O)OCC(COC(=O)CCCCCCC/C=C\C/C=C\C/C=C\C/C=C\CCCCC)OC(=O)CCCCCCCCCCCCC. The molecule has 0 fully saturated rings. The zero-order valence-corrected chi connectivity index (χ0v) is 65.6. The topological polar surface area (TPSA) is 231 Å². The minimum Gasteiger partial charge on any atom is -0.463 e. The van der Waals surface area contributed by atoms with Gasteiger partial charge in [-0.3, -0.25) is 32.5 Å². The second-order valence-electron chi connectivity index (χ2n) is 26.8. The van der Waals surface area contributed by atoms with Crippen molar-refractivity contribution >= 4 is 33.6 Å². The minimum atomic E-state index is -4.93. The quantitative estimate of drug-likeness (QED) is 0.0146. The van der Waals surface area contributed by atoms with Gasteiger partial charge in [-0.1, -0.05) is 323 Å². The lowest BCUT2D eigenvalue weighted by atomic mass is 10.0. The third-order valence-electron chi connectivity index (χ3n) is 17.0. The van der Waals surface area contributed by atoms with Gasteiger partial charge in [-0.25, -0.2) is 9.13 Å². The van der Waals surface area contributed by atoms with E-state index in [0.29, 0.717) is 19.3 Å². The molecule has 18 heteroatoms. The van der Waals surface area contributed by atoms with E-state index in [1.807, 2.05) is 0 Å². The Hall–Kier alpha value is -3.79. The van der Waals surface area contributed by atoms with Crippen molar-refractivity contribution in [1.29, 1.82) is 0 Å². The van der Waals surface area contributed by atoms with Gasteiger partial charge < -0.3 is 34.2 Å². The Bertz CT molecular complexity index is 2270. The summed E-state index contributed by atoms with van der Waals surface area (Å²) in [5.74, 6) is -1.58. The minimum absolute atomic E-state index is 0.103. The number of carbonyl (C=O) groups is 3. The summed E-state index contributed by atoms with van der Waals surface area (Å²) in [6.45, 7) is 2.54. The Morgan fingerprint density at radius 1 is 0.287 bits per heavy atom. The fourth-order valence-electron chi connectivity index (χ4n) is 10.9. The number of allylic oxidation sites excluding steroid dienone is 18. The maximum Gasteiger partial charge on any atom is 0.472 e. The molecule has 0 aliphatic rings. The van der Waals surface area contributed by atoms with Gasteiger partial charge in [-0.15, -0.1) is 0 Å². The summed E-state index contributed by atoms with van der Waals surface area (Å²) in [5.41, 5.74) is 0. The van der Waals surface area contributed by atoms with Crippen LogP contribution >= 0.6 is 15.6 Å². The molecule has 0 saturated heterocycles. The van der Waals surface area contributed by atoms with Gasteiger partial charge in [0.25, 0.3) is 0 Å². The Morgan fingerprint density at radius 3 is 0.851 bits per heavy atom. The first-order chi connectivity index (χ1) is 49.2. The van der Waals surface area contributed by atoms with E-state index in [2.05, 4.69) is 130 Å². The summed E-state index contributed by atoms with van der Waals surface area (Å²) in [5, 5.41) is 20.6. The number of hydrogen-bond donors (Lipinski definition) is 4. The third-order valence-corrected chi connectivity index (χ3v) is 18.9. The monoisotopic (exact) mass is 1460 g/mol. The van der Waals surface area contributed by atoms with E-state index in [1.54, 1.807) is 0 Å². The summed E-state index contributed by atoms with van der Waals surface area (Å²) in [6.07, 6.45) is 88.7. The van der Waals surface area contributed by atoms with Crippen LogP contribution in [0.25, 0.3) is 0 Å². The van der Waals surface area contributed by atoms with Crippen molar-refractivity contribution in [3.63, 3.8) is 0 Å². The largest absolute Gasteiger partial charge is 0.472 e. The van der Waals surface area contributed by atoms with Crippen molar-refractivity contribution in [2.75, 3.05) is 39.6 Å². The van der Waals surface area contributed by atoms with Gasteiger partial charge >= 0.3 is 33.6 Å². The molecule has 16 nitrogen and oxygen atoms in total. The van der Waals surface area contributed by atoms with Crippen LogP contribution in [0.4, 0.5) is 0 Å². The Labute approximate surface area is 615 Å². The van der Waals surface area contributed by atoms with E-state index in [9.17, 15) is 43.5 Å². The molecule has 5 atom stereocenters. The molecular weight excluding hydrogens is 1310 g/mol. The molecule has 0 aliphatic heterocycles. The Balaban J connectivity index is 4.37. The molecule has 0 saturated carbocycles. The van der Waals surface area contributed by atoms with Crippen molar-refractivity contribution in [3.05, 3.63) is 109 Å². The number of phosphoric acid groups is 2. The van der Waals surface area contributed by atoms with Crippen molar-refractivity contribution < 1.29 is 75.8 Å². The van der Waals surface area contributed by atoms with Gasteiger partial charge in [0.1, 0.15) is 25.4 Å². The third kappa shape index (κ3) is 77.1. The van der Waals surface area contributed by atoms with E-state index in [1.165, 1.54) is 154 Å². The lowest BCUT2D eigenvalue weighted by molar-refractivity contribution is -0.161. The van der Waals surface area contributed by atoms with Crippen LogP contribution in [0.15, 0.2) is 109 Å². The van der Waals surface area contributed by atoms with E-state index in [0.717, 1.165) is 128 Å². The molecular formula is C83H146O16P2. The van der Waals surface area contributed by atoms with Crippen LogP contribution in [-0.2, 0) is 55.8 Å². The van der Waals surface area contributed by atoms with Gasteiger partial charge in [0.15, 0.2) is 6.10 Å². The average Bonchev–Trinajstić information content (AvgIpc) is 0.948. The van der Waals surface area contributed by atoms with Crippen molar-refractivity contribution in [3.8, 4) is 0 Å². The van der Waals surface area contributed by atoms with Gasteiger partial charge in [-0.05, 0) is 109 Å². The molecule has 0 aromatic heterocycles. The van der Waals surface area contributed by atoms with Crippen LogP contribution < -0.4 is 0 Å². The summed E-state index contributed by atoms with van der Waals surface area (Å²) >= 11 is 0. The molecule has 584 valence electrons. The molecule has 0 bridgehead atoms. The van der Waals surface area contributed by atoms with Crippen molar-refractivity contribution in [1.82, 2.24) is 0 Å². The highest BCUT2D eigenvalue weighted by molar-refractivity contribution is 7.47. The number of aliphatic hydroxyl groups is 2. The molecule has 0 aromatic rings. The standard InChI is InChI=1S/C83H146O16P2/c1-4-7-10-13-16-19-22-24-26-28-30-32-33-34-35-36-37-38-39-40-41-42-43-45-47-48-50-52-55-57-60-63-66-69-81(86)93-72-78(84)73-95-100(89,90)96-74-79(85)75-97-101(91,92)98-77-80(99-83(88)71-68-65-62-59-54-21-18-15-12-9-6-3)76-94-82(87)70-67-64-61-58-56-53-51-49-46-44-31-29-27-25-23-20-17-14-11-8-5-2/h7,10,16-17,19-20,24-27,30-32,34-35,44,49,51,78-80,84-85H,4-6,8-9,11-15,18,21-23,28-29,33,36-43,45-48,50,52-77H2,1-3H3,(H,89,90)(H,91,92)/b10-7-,19-16-,20-17-,26-24-,27-25-,32-30-,35-34-,44-31-,51-49-. The summed E-state index contributed by atoms with van der Waals surface area (Å²) in [6, 6.07) is 0. The molecule has 4 N–H and O–H groups in total. The van der Waals surface area contributed by atoms with Crippen LogP contribution in [0, 0.1) is 0 Å². The van der Waals surface area contributed by atoms with Crippen molar-refractivity contribution in [2.45, 2.75) is 360 Å². The number of hydrogen-bond acceptors (Lipinski definition) is 14.